The first-order valence-corrected chi connectivity index (χ1v) is 9.40. The first-order chi connectivity index (χ1) is 12.8. The highest BCUT2D eigenvalue weighted by molar-refractivity contribution is 7.26. The maximum absolute atomic E-state index is 12.9. The minimum atomic E-state index is -0.00543. The van der Waals surface area contributed by atoms with Gasteiger partial charge in [0.25, 0.3) is 5.56 Å². The van der Waals surface area contributed by atoms with Crippen LogP contribution in [0.2, 0.25) is 0 Å². The molecule has 1 N–H and O–H groups in total. The van der Waals surface area contributed by atoms with E-state index >= 15 is 0 Å². The highest BCUT2D eigenvalue weighted by atomic mass is 32.1. The third-order valence-corrected chi connectivity index (χ3v) is 6.46. The molecule has 0 radical (unpaired) electrons. The molecule has 0 amide bonds. The Kier molecular flexibility index (Phi) is 2.66. The number of pyridine rings is 1. The summed E-state index contributed by atoms with van der Waals surface area (Å²) in [4.78, 5) is 16.0. The number of hydrogen-bond acceptors (Lipinski definition) is 2. The first kappa shape index (κ1) is 14.0. The summed E-state index contributed by atoms with van der Waals surface area (Å²) < 4.78 is 1.99. The van der Waals surface area contributed by atoms with Crippen molar-refractivity contribution in [2.75, 3.05) is 0 Å². The van der Waals surface area contributed by atoms with Crippen molar-refractivity contribution in [3.05, 3.63) is 83.2 Å². The third-order valence-electron chi connectivity index (χ3n) is 5.22. The molecule has 0 aliphatic carbocycles. The molecule has 122 valence electrons. The molecule has 4 aromatic carbocycles. The monoisotopic (exact) mass is 351 g/mol. The number of H-pyrrole nitrogens is 1. The fourth-order valence-electron chi connectivity index (χ4n) is 4.04. The number of benzene rings is 4. The molecule has 0 saturated heterocycles. The van der Waals surface area contributed by atoms with Crippen LogP contribution in [0.5, 0.6) is 0 Å². The molecule has 0 saturated carbocycles. The van der Waals surface area contributed by atoms with E-state index in [-0.39, 0.29) is 5.56 Å². The minimum Gasteiger partial charge on any atom is -0.320 e. The lowest BCUT2D eigenvalue weighted by molar-refractivity contribution is 1.37. The van der Waals surface area contributed by atoms with Crippen molar-refractivity contribution in [3.8, 4) is 0 Å². The van der Waals surface area contributed by atoms with E-state index in [4.69, 9.17) is 0 Å². The number of thiophene rings is 1. The summed E-state index contributed by atoms with van der Waals surface area (Å²) in [5, 5.41) is 7.98. The number of aromatic amines is 1. The molecule has 6 aromatic rings. The molecule has 2 nitrogen and oxygen atoms in total. The molecule has 2 aromatic heterocycles. The maximum Gasteiger partial charge on any atom is 0.266 e. The Morgan fingerprint density at radius 3 is 2.08 bits per heavy atom. The van der Waals surface area contributed by atoms with E-state index in [0.29, 0.717) is 0 Å². The normalized spacial score (nSPS) is 12.0. The largest absolute Gasteiger partial charge is 0.320 e. The standard InChI is InChI=1S/C23H13NOS/c25-23-22-19(17-11-9-13-5-1-3-7-15(13)20(17)24-23)18-12-10-14-6-2-4-8-16(14)21(18)26-22/h1-12H,(H,24,25). The van der Waals surface area contributed by atoms with Gasteiger partial charge in [-0.05, 0) is 16.2 Å². The molecule has 0 bridgehead atoms. The summed E-state index contributed by atoms with van der Waals surface area (Å²) in [5.74, 6) is 0. The zero-order chi connectivity index (χ0) is 17.3. The molecule has 26 heavy (non-hydrogen) atoms. The second kappa shape index (κ2) is 4.93. The predicted molar refractivity (Wildman–Crippen MR) is 112 cm³/mol. The van der Waals surface area contributed by atoms with Crippen LogP contribution in [0.1, 0.15) is 0 Å². The Labute approximate surface area is 152 Å². The second-order valence-electron chi connectivity index (χ2n) is 6.63. The average Bonchev–Trinajstić information content (AvgIpc) is 3.09. The third kappa shape index (κ3) is 1.73. The van der Waals surface area contributed by atoms with E-state index in [2.05, 4.69) is 65.6 Å². The van der Waals surface area contributed by atoms with Crippen molar-refractivity contribution in [2.24, 2.45) is 0 Å². The lowest BCUT2D eigenvalue weighted by Gasteiger charge is -2.05. The van der Waals surface area contributed by atoms with Gasteiger partial charge in [-0.25, -0.2) is 0 Å². The van der Waals surface area contributed by atoms with Crippen molar-refractivity contribution in [2.45, 2.75) is 0 Å². The molecule has 0 atom stereocenters. The van der Waals surface area contributed by atoms with Crippen molar-refractivity contribution in [1.82, 2.24) is 4.98 Å². The molecule has 0 spiro atoms. The summed E-state index contributed by atoms with van der Waals surface area (Å²) >= 11 is 1.59. The number of rotatable bonds is 0. The van der Waals surface area contributed by atoms with Crippen LogP contribution in [-0.4, -0.2) is 4.98 Å². The van der Waals surface area contributed by atoms with Gasteiger partial charge in [0.1, 0.15) is 4.70 Å². The van der Waals surface area contributed by atoms with Crippen molar-refractivity contribution < 1.29 is 0 Å². The summed E-state index contributed by atoms with van der Waals surface area (Å²) in [6.45, 7) is 0. The van der Waals surface area contributed by atoms with Gasteiger partial charge in [0.05, 0.1) is 5.52 Å². The number of fused-ring (bicyclic) bond motifs is 9. The SMILES string of the molecule is O=c1[nH]c2c3ccccc3ccc2c2c1sc1c3ccccc3ccc12. The summed E-state index contributed by atoms with van der Waals surface area (Å²) in [5.41, 5.74) is 0.919. The van der Waals surface area contributed by atoms with E-state index in [1.54, 1.807) is 11.3 Å². The maximum atomic E-state index is 12.9. The second-order valence-corrected chi connectivity index (χ2v) is 7.65. The smallest absolute Gasteiger partial charge is 0.266 e. The molecule has 0 aliphatic heterocycles. The predicted octanol–water partition coefficient (Wildman–Crippen LogP) is 6.20. The molecule has 0 aliphatic rings. The fourth-order valence-corrected chi connectivity index (χ4v) is 5.28. The molecular weight excluding hydrogens is 338 g/mol. The van der Waals surface area contributed by atoms with Gasteiger partial charge < -0.3 is 4.98 Å². The number of hydrogen-bond donors (Lipinski definition) is 1. The van der Waals surface area contributed by atoms with Gasteiger partial charge in [-0.1, -0.05) is 72.8 Å². The van der Waals surface area contributed by atoms with Crippen LogP contribution in [0.15, 0.2) is 77.6 Å². The topological polar surface area (TPSA) is 32.9 Å². The molecule has 0 unspecified atom stereocenters. The van der Waals surface area contributed by atoms with Crippen LogP contribution in [0.3, 0.4) is 0 Å². The molecular formula is C23H13NOS. The van der Waals surface area contributed by atoms with Crippen LogP contribution in [0.4, 0.5) is 0 Å². The molecule has 3 heteroatoms. The van der Waals surface area contributed by atoms with Crippen LogP contribution in [-0.2, 0) is 0 Å². The Morgan fingerprint density at radius 1 is 0.615 bits per heavy atom. The molecule has 0 fully saturated rings. The van der Waals surface area contributed by atoms with Gasteiger partial charge in [-0.2, -0.15) is 0 Å². The van der Waals surface area contributed by atoms with Gasteiger partial charge in [0.15, 0.2) is 0 Å². The number of nitrogens with one attached hydrogen (secondary N) is 1. The Hall–Kier alpha value is -3.17. The quantitative estimate of drug-likeness (QED) is 0.325. The highest BCUT2D eigenvalue weighted by Crippen LogP contribution is 2.40. The van der Waals surface area contributed by atoms with E-state index < -0.39 is 0 Å². The Balaban J connectivity index is 1.94. The van der Waals surface area contributed by atoms with Crippen LogP contribution < -0.4 is 5.56 Å². The van der Waals surface area contributed by atoms with E-state index in [1.165, 1.54) is 15.5 Å². The zero-order valence-corrected chi connectivity index (χ0v) is 14.6. The van der Waals surface area contributed by atoms with E-state index in [0.717, 1.165) is 37.1 Å². The van der Waals surface area contributed by atoms with Crippen molar-refractivity contribution in [3.63, 3.8) is 0 Å². The first-order valence-electron chi connectivity index (χ1n) is 8.59. The summed E-state index contributed by atoms with van der Waals surface area (Å²) in [6.07, 6.45) is 0. The zero-order valence-electron chi connectivity index (χ0n) is 13.7. The Morgan fingerprint density at radius 2 is 1.27 bits per heavy atom. The van der Waals surface area contributed by atoms with Gasteiger partial charge >= 0.3 is 0 Å². The molecule has 6 rings (SSSR count). The van der Waals surface area contributed by atoms with E-state index in [9.17, 15) is 4.79 Å². The molecule has 2 heterocycles. The van der Waals surface area contributed by atoms with E-state index in [1.807, 2.05) is 12.1 Å². The fraction of sp³-hybridized carbons (Fsp3) is 0. The lowest BCUT2D eigenvalue weighted by atomic mass is 10.0. The number of aromatic nitrogens is 1. The Bertz CT molecular complexity index is 1560. The van der Waals surface area contributed by atoms with Gasteiger partial charge in [0, 0.05) is 26.2 Å². The van der Waals surface area contributed by atoms with Crippen LogP contribution in [0.25, 0.3) is 52.6 Å². The summed E-state index contributed by atoms with van der Waals surface area (Å²) in [7, 11) is 0. The summed E-state index contributed by atoms with van der Waals surface area (Å²) in [6, 6.07) is 25.1. The van der Waals surface area contributed by atoms with Crippen molar-refractivity contribution in [1.29, 1.82) is 0 Å². The van der Waals surface area contributed by atoms with Gasteiger partial charge in [0.2, 0.25) is 0 Å². The van der Waals surface area contributed by atoms with Gasteiger partial charge in [-0.15, -0.1) is 11.3 Å². The van der Waals surface area contributed by atoms with Crippen LogP contribution in [0, 0.1) is 0 Å². The average molecular weight is 351 g/mol. The minimum absolute atomic E-state index is 0.00543. The van der Waals surface area contributed by atoms with Gasteiger partial charge in [-0.3, -0.25) is 4.79 Å². The lowest BCUT2D eigenvalue weighted by Crippen LogP contribution is -2.04. The van der Waals surface area contributed by atoms with Crippen LogP contribution >= 0.6 is 11.3 Å². The highest BCUT2D eigenvalue weighted by Gasteiger charge is 2.15. The van der Waals surface area contributed by atoms with Crippen molar-refractivity contribution >= 4 is 64.0 Å².